The number of benzene rings is 2. The zero-order valence-corrected chi connectivity index (χ0v) is 21.3. The molecule has 3 aromatic heterocycles. The van der Waals surface area contributed by atoms with Gasteiger partial charge in [-0.1, -0.05) is 35.6 Å². The molecule has 9 nitrogen and oxygen atoms in total. The first-order chi connectivity index (χ1) is 18.7. The van der Waals surface area contributed by atoms with Crippen LogP contribution in [0.4, 0.5) is 9.52 Å². The van der Waals surface area contributed by atoms with Gasteiger partial charge in [0.05, 0.1) is 46.9 Å². The molecule has 1 atom stereocenters. The van der Waals surface area contributed by atoms with Gasteiger partial charge in [-0.2, -0.15) is 15.4 Å². The number of fused-ring (bicyclic) bond motifs is 3. The predicted molar refractivity (Wildman–Crippen MR) is 143 cm³/mol. The minimum Gasteiger partial charge on any atom is -0.355 e. The van der Waals surface area contributed by atoms with Gasteiger partial charge in [-0.25, -0.2) is 14.4 Å². The number of hydrogen-bond donors (Lipinski definition) is 2. The summed E-state index contributed by atoms with van der Waals surface area (Å²) in [7, 11) is 0. The zero-order valence-electron chi connectivity index (χ0n) is 20.5. The fraction of sp³-hybridized carbons (Fsp3) is 0.296. The molecule has 0 radical (unpaired) electrons. The highest BCUT2D eigenvalue weighted by Crippen LogP contribution is 2.37. The Morgan fingerprint density at radius 1 is 1.16 bits per heavy atom. The Bertz CT molecular complexity index is 1660. The summed E-state index contributed by atoms with van der Waals surface area (Å²) in [4.78, 5) is 25.4. The second-order valence-electron chi connectivity index (χ2n) is 9.64. The van der Waals surface area contributed by atoms with Crippen LogP contribution in [-0.2, 0) is 25.9 Å². The number of nitrogens with zero attached hydrogens (tertiary/aromatic N) is 6. The van der Waals surface area contributed by atoms with Crippen molar-refractivity contribution in [3.63, 3.8) is 0 Å². The van der Waals surface area contributed by atoms with Crippen molar-refractivity contribution in [1.29, 1.82) is 0 Å². The number of halogens is 1. The highest BCUT2D eigenvalue weighted by molar-refractivity contribution is 7.18. The molecule has 192 valence electrons. The molecule has 0 saturated carbocycles. The van der Waals surface area contributed by atoms with Gasteiger partial charge in [0.1, 0.15) is 12.4 Å². The second kappa shape index (κ2) is 9.32. The Morgan fingerprint density at radius 2 is 2.05 bits per heavy atom. The number of aromatic amines is 1. The van der Waals surface area contributed by atoms with Gasteiger partial charge in [0.2, 0.25) is 0 Å². The third kappa shape index (κ3) is 3.94. The third-order valence-electron chi connectivity index (χ3n) is 7.41. The Kier molecular flexibility index (Phi) is 5.65. The van der Waals surface area contributed by atoms with E-state index in [2.05, 4.69) is 50.0 Å². The van der Waals surface area contributed by atoms with E-state index in [1.165, 1.54) is 22.5 Å². The number of carbonyl (C=O) groups excluding carboxylic acids is 1. The Morgan fingerprint density at radius 3 is 2.97 bits per heavy atom. The first-order valence-electron chi connectivity index (χ1n) is 12.7. The lowest BCUT2D eigenvalue weighted by Gasteiger charge is -2.25. The van der Waals surface area contributed by atoms with Crippen LogP contribution in [0.2, 0.25) is 0 Å². The molecule has 0 spiro atoms. The predicted octanol–water partition coefficient (Wildman–Crippen LogP) is 4.55. The average Bonchev–Trinajstić information content (AvgIpc) is 3.74. The van der Waals surface area contributed by atoms with Crippen LogP contribution in [0.1, 0.15) is 45.3 Å². The Balaban J connectivity index is 1.17. The molecule has 2 N–H and O–H groups in total. The maximum absolute atomic E-state index is 13.7. The minimum atomic E-state index is -0.541. The van der Waals surface area contributed by atoms with Crippen LogP contribution >= 0.6 is 11.3 Å². The van der Waals surface area contributed by atoms with Crippen LogP contribution in [0.15, 0.2) is 48.7 Å². The van der Waals surface area contributed by atoms with E-state index >= 15 is 0 Å². The third-order valence-corrected chi connectivity index (χ3v) is 8.33. The molecular weight excluding hydrogens is 503 g/mol. The van der Waals surface area contributed by atoms with E-state index in [1.807, 2.05) is 16.7 Å². The van der Waals surface area contributed by atoms with Crippen molar-refractivity contribution in [2.24, 2.45) is 0 Å². The van der Waals surface area contributed by atoms with Crippen molar-refractivity contribution in [2.75, 3.05) is 18.5 Å². The number of aromatic nitrogens is 6. The fourth-order valence-electron chi connectivity index (χ4n) is 5.51. The van der Waals surface area contributed by atoms with Gasteiger partial charge in [-0.05, 0) is 42.2 Å². The summed E-state index contributed by atoms with van der Waals surface area (Å²) in [5.41, 5.74) is 6.40. The number of anilines is 1. The van der Waals surface area contributed by atoms with E-state index in [0.717, 1.165) is 45.3 Å². The Hall–Kier alpha value is -4.12. The van der Waals surface area contributed by atoms with Crippen LogP contribution in [0.25, 0.3) is 21.7 Å². The van der Waals surface area contributed by atoms with E-state index in [1.54, 1.807) is 17.2 Å². The molecule has 2 aliphatic rings. The molecule has 0 bridgehead atoms. The van der Waals surface area contributed by atoms with E-state index in [-0.39, 0.29) is 18.5 Å². The number of rotatable bonds is 6. The van der Waals surface area contributed by atoms with Gasteiger partial charge in [0, 0.05) is 18.5 Å². The summed E-state index contributed by atoms with van der Waals surface area (Å²) >= 11 is 1.51. The number of thiazole rings is 1. The van der Waals surface area contributed by atoms with Gasteiger partial charge in [0.15, 0.2) is 11.0 Å². The summed E-state index contributed by atoms with van der Waals surface area (Å²) in [6.07, 6.45) is 4.54. The lowest BCUT2D eigenvalue weighted by Crippen LogP contribution is -2.36. The van der Waals surface area contributed by atoms with Crippen LogP contribution in [0, 0.1) is 0 Å². The van der Waals surface area contributed by atoms with Gasteiger partial charge in [-0.3, -0.25) is 4.79 Å². The molecule has 1 aliphatic carbocycles. The van der Waals surface area contributed by atoms with Gasteiger partial charge in [-0.15, -0.1) is 0 Å². The van der Waals surface area contributed by atoms with Gasteiger partial charge < -0.3 is 14.8 Å². The molecule has 7 rings (SSSR count). The quantitative estimate of drug-likeness (QED) is 0.335. The summed E-state index contributed by atoms with van der Waals surface area (Å²) in [6, 6.07) is 14.2. The summed E-state index contributed by atoms with van der Waals surface area (Å²) in [6.45, 7) is 0.597. The normalized spacial score (nSPS) is 16.6. The highest BCUT2D eigenvalue weighted by Gasteiger charge is 2.26. The molecule has 1 unspecified atom stereocenters. The van der Waals surface area contributed by atoms with E-state index in [0.29, 0.717) is 30.9 Å². The topological polar surface area (TPSA) is 105 Å². The van der Waals surface area contributed by atoms with Crippen molar-refractivity contribution >= 4 is 33.4 Å². The molecule has 11 heteroatoms. The average molecular weight is 529 g/mol. The molecule has 0 saturated heterocycles. The van der Waals surface area contributed by atoms with Crippen LogP contribution in [0.3, 0.4) is 0 Å². The Labute approximate surface area is 221 Å². The van der Waals surface area contributed by atoms with Gasteiger partial charge >= 0.3 is 0 Å². The van der Waals surface area contributed by atoms with Crippen molar-refractivity contribution in [2.45, 2.75) is 38.4 Å². The van der Waals surface area contributed by atoms with Crippen LogP contribution < -0.4 is 5.32 Å². The monoisotopic (exact) mass is 528 g/mol. The number of hydrogen-bond acceptors (Lipinski definition) is 7. The first-order valence-corrected chi connectivity index (χ1v) is 13.5. The molecular formula is C27H25FN8OS. The standard InChI is InChI=1S/C27H25FN8OS/c28-10-12-36-23-13-17(26(37)35-11-9-20-22(15-35)33-34-32-20)6-8-21(23)30-25(36)24-14-29-27(38-24)31-19-7-5-16-3-1-2-4-18(16)19/h1-4,6,8,13-14,19H,5,7,9-12,15H2,(H,29,31)(H,32,33,34). The van der Waals surface area contributed by atoms with Gasteiger partial charge in [0.25, 0.3) is 5.91 Å². The second-order valence-corrected chi connectivity index (χ2v) is 10.7. The van der Waals surface area contributed by atoms with E-state index in [4.69, 9.17) is 4.98 Å². The molecule has 2 aromatic carbocycles. The highest BCUT2D eigenvalue weighted by atomic mass is 32.1. The molecule has 5 aromatic rings. The van der Waals surface area contributed by atoms with E-state index in [9.17, 15) is 9.18 Å². The largest absolute Gasteiger partial charge is 0.355 e. The number of aryl methyl sites for hydroxylation is 2. The SMILES string of the molecule is O=C(c1ccc2nc(-c3cnc(NC4CCc5ccccc54)s3)n(CCF)c2c1)N1CCc2n[nH]nc2C1. The minimum absolute atomic E-state index is 0.0868. The molecule has 1 amide bonds. The number of H-pyrrole nitrogens is 1. The summed E-state index contributed by atoms with van der Waals surface area (Å²) < 4.78 is 15.5. The number of carbonyl (C=O) groups is 1. The molecule has 4 heterocycles. The smallest absolute Gasteiger partial charge is 0.254 e. The fourth-order valence-corrected chi connectivity index (χ4v) is 6.38. The maximum Gasteiger partial charge on any atom is 0.254 e. The molecule has 1 aliphatic heterocycles. The number of alkyl halides is 1. The number of nitrogens with one attached hydrogen (secondary N) is 2. The zero-order chi connectivity index (χ0) is 25.6. The number of imidazole rings is 1. The summed E-state index contributed by atoms with van der Waals surface area (Å²) in [5, 5.41) is 15.3. The van der Waals surface area contributed by atoms with Crippen molar-refractivity contribution in [3.05, 3.63) is 76.7 Å². The maximum atomic E-state index is 13.7. The van der Waals surface area contributed by atoms with Crippen LogP contribution in [0.5, 0.6) is 0 Å². The van der Waals surface area contributed by atoms with Crippen molar-refractivity contribution in [3.8, 4) is 10.7 Å². The molecule has 38 heavy (non-hydrogen) atoms. The van der Waals surface area contributed by atoms with Crippen LogP contribution in [-0.4, -0.2) is 54.0 Å². The lowest BCUT2D eigenvalue weighted by atomic mass is 10.1. The van der Waals surface area contributed by atoms with E-state index < -0.39 is 6.67 Å². The lowest BCUT2D eigenvalue weighted by molar-refractivity contribution is 0.0732. The molecule has 0 fully saturated rings. The van der Waals surface area contributed by atoms with Crippen molar-refractivity contribution < 1.29 is 9.18 Å². The summed E-state index contributed by atoms with van der Waals surface area (Å²) in [5.74, 6) is 0.570. The van der Waals surface area contributed by atoms with Crippen molar-refractivity contribution in [1.82, 2.24) is 34.8 Å². The number of amides is 1. The first kappa shape index (κ1) is 23.0.